The highest BCUT2D eigenvalue weighted by molar-refractivity contribution is 6.35. The van der Waals surface area contributed by atoms with Crippen LogP contribution < -0.4 is 5.32 Å². The summed E-state index contributed by atoms with van der Waals surface area (Å²) in [6.07, 6.45) is 7.22. The molecule has 0 amide bonds. The molecule has 20 heavy (non-hydrogen) atoms. The van der Waals surface area contributed by atoms with Gasteiger partial charge in [0, 0.05) is 21.9 Å². The van der Waals surface area contributed by atoms with Gasteiger partial charge in [-0.3, -0.25) is 4.68 Å². The molecule has 106 valence electrons. The van der Waals surface area contributed by atoms with Gasteiger partial charge in [-0.1, -0.05) is 36.0 Å². The van der Waals surface area contributed by atoms with Crippen LogP contribution in [0.1, 0.15) is 37.4 Å². The minimum atomic E-state index is 0.587. The largest absolute Gasteiger partial charge is 0.379 e. The molecule has 1 aromatic carbocycles. The van der Waals surface area contributed by atoms with Crippen LogP contribution in [0.3, 0.4) is 0 Å². The first-order chi connectivity index (χ1) is 9.70. The molecule has 3 rings (SSSR count). The Hall–Kier alpha value is -1.19. The minimum Gasteiger partial charge on any atom is -0.379 e. The Morgan fingerprint density at radius 1 is 1.15 bits per heavy atom. The topological polar surface area (TPSA) is 29.9 Å². The van der Waals surface area contributed by atoms with Crippen molar-refractivity contribution in [1.82, 2.24) is 9.78 Å². The summed E-state index contributed by atoms with van der Waals surface area (Å²) in [4.78, 5) is 0. The number of hydrogen-bond acceptors (Lipinski definition) is 2. The van der Waals surface area contributed by atoms with Gasteiger partial charge in [-0.25, -0.2) is 0 Å². The van der Waals surface area contributed by atoms with Gasteiger partial charge in [-0.15, -0.1) is 0 Å². The molecule has 1 aromatic heterocycles. The third-order valence-corrected chi connectivity index (χ3v) is 4.14. The predicted octanol–water partition coefficient (Wildman–Crippen LogP) is 4.92. The molecule has 0 saturated heterocycles. The smallest absolute Gasteiger partial charge is 0.0815 e. The lowest BCUT2D eigenvalue weighted by molar-refractivity contribution is 0.463. The fourth-order valence-corrected chi connectivity index (χ4v) is 3.22. The molecule has 5 heteroatoms. The summed E-state index contributed by atoms with van der Waals surface area (Å²) in [5.41, 5.74) is 1.95. The van der Waals surface area contributed by atoms with Gasteiger partial charge in [0.05, 0.1) is 18.3 Å². The molecule has 0 atom stereocenters. The third-order valence-electron chi connectivity index (χ3n) is 3.70. The average molecular weight is 310 g/mol. The highest BCUT2D eigenvalue weighted by Gasteiger charge is 2.17. The summed E-state index contributed by atoms with van der Waals surface area (Å²) < 4.78 is 2.11. The molecule has 3 nitrogen and oxygen atoms in total. The van der Waals surface area contributed by atoms with E-state index in [4.69, 9.17) is 23.2 Å². The van der Waals surface area contributed by atoms with Gasteiger partial charge < -0.3 is 5.32 Å². The molecule has 0 bridgehead atoms. The highest BCUT2D eigenvalue weighted by atomic mass is 35.5. The third kappa shape index (κ3) is 3.28. The fraction of sp³-hybridized carbons (Fsp3) is 0.400. The van der Waals surface area contributed by atoms with Crippen LogP contribution in [0.25, 0.3) is 0 Å². The van der Waals surface area contributed by atoms with E-state index in [1.807, 2.05) is 12.1 Å². The van der Waals surface area contributed by atoms with Crippen LogP contribution in [0.4, 0.5) is 5.69 Å². The Bertz CT molecular complexity index is 568. The highest BCUT2D eigenvalue weighted by Crippen LogP contribution is 2.29. The van der Waals surface area contributed by atoms with Crippen molar-refractivity contribution in [3.05, 3.63) is 46.2 Å². The number of anilines is 1. The lowest BCUT2D eigenvalue weighted by atomic mass is 10.3. The van der Waals surface area contributed by atoms with Crippen LogP contribution in [0.5, 0.6) is 0 Å². The maximum absolute atomic E-state index is 5.98. The molecule has 0 spiro atoms. The molecular weight excluding hydrogens is 293 g/mol. The van der Waals surface area contributed by atoms with E-state index in [1.165, 1.54) is 25.7 Å². The van der Waals surface area contributed by atoms with E-state index >= 15 is 0 Å². The first kappa shape index (κ1) is 13.8. The second-order valence-electron chi connectivity index (χ2n) is 5.24. The molecule has 1 N–H and O–H groups in total. The van der Waals surface area contributed by atoms with Crippen LogP contribution in [-0.2, 0) is 6.54 Å². The van der Waals surface area contributed by atoms with Crippen LogP contribution in [0.15, 0.2) is 30.5 Å². The van der Waals surface area contributed by atoms with Gasteiger partial charge >= 0.3 is 0 Å². The van der Waals surface area contributed by atoms with Crippen LogP contribution in [-0.4, -0.2) is 9.78 Å². The Labute approximate surface area is 128 Å². The SMILES string of the molecule is Clc1cc(Cl)cc(NCc2ccn(C3CCCC3)n2)c1. The zero-order valence-electron chi connectivity index (χ0n) is 11.1. The van der Waals surface area contributed by atoms with E-state index in [-0.39, 0.29) is 0 Å². The lowest BCUT2D eigenvalue weighted by Gasteiger charge is -2.09. The van der Waals surface area contributed by atoms with E-state index in [0.717, 1.165) is 11.4 Å². The van der Waals surface area contributed by atoms with E-state index in [9.17, 15) is 0 Å². The van der Waals surface area contributed by atoms with Crippen molar-refractivity contribution in [3.63, 3.8) is 0 Å². The first-order valence-electron chi connectivity index (χ1n) is 6.95. The number of halogens is 2. The molecule has 1 aliphatic rings. The number of benzene rings is 1. The molecule has 0 radical (unpaired) electrons. The summed E-state index contributed by atoms with van der Waals surface area (Å²) in [5, 5.41) is 9.21. The van der Waals surface area contributed by atoms with Gasteiger partial charge in [-0.2, -0.15) is 5.10 Å². The quantitative estimate of drug-likeness (QED) is 0.869. The van der Waals surface area contributed by atoms with Gasteiger partial charge in [0.1, 0.15) is 0 Å². The Morgan fingerprint density at radius 3 is 2.55 bits per heavy atom. The zero-order chi connectivity index (χ0) is 13.9. The van der Waals surface area contributed by atoms with E-state index < -0.39 is 0 Å². The van der Waals surface area contributed by atoms with Crippen LogP contribution in [0, 0.1) is 0 Å². The maximum atomic E-state index is 5.98. The molecule has 0 aliphatic heterocycles. The number of hydrogen-bond donors (Lipinski definition) is 1. The number of nitrogens with zero attached hydrogens (tertiary/aromatic N) is 2. The molecule has 1 aliphatic carbocycles. The number of rotatable bonds is 4. The zero-order valence-corrected chi connectivity index (χ0v) is 12.7. The van der Waals surface area contributed by atoms with Crippen molar-refractivity contribution in [2.45, 2.75) is 38.3 Å². The number of nitrogens with one attached hydrogen (secondary N) is 1. The Kier molecular flexibility index (Phi) is 4.18. The monoisotopic (exact) mass is 309 g/mol. The van der Waals surface area contributed by atoms with Crippen molar-refractivity contribution in [2.24, 2.45) is 0 Å². The summed E-state index contributed by atoms with van der Waals surface area (Å²) in [7, 11) is 0. The van der Waals surface area contributed by atoms with Crippen molar-refractivity contribution in [3.8, 4) is 0 Å². The fourth-order valence-electron chi connectivity index (χ4n) is 2.69. The molecule has 1 fully saturated rings. The van der Waals surface area contributed by atoms with Crippen molar-refractivity contribution in [2.75, 3.05) is 5.32 Å². The van der Waals surface area contributed by atoms with Crippen LogP contribution in [0.2, 0.25) is 10.0 Å². The van der Waals surface area contributed by atoms with Gasteiger partial charge in [0.25, 0.3) is 0 Å². The minimum absolute atomic E-state index is 0.587. The molecular formula is C15H17Cl2N3. The first-order valence-corrected chi connectivity index (χ1v) is 7.70. The van der Waals surface area contributed by atoms with Gasteiger partial charge in [0.2, 0.25) is 0 Å². The van der Waals surface area contributed by atoms with Crippen LogP contribution >= 0.6 is 23.2 Å². The van der Waals surface area contributed by atoms with E-state index in [2.05, 4.69) is 27.4 Å². The van der Waals surface area contributed by atoms with Crippen molar-refractivity contribution >= 4 is 28.9 Å². The normalized spacial score (nSPS) is 15.7. The maximum Gasteiger partial charge on any atom is 0.0815 e. The summed E-state index contributed by atoms with van der Waals surface area (Å²) in [6, 6.07) is 8.10. The average Bonchev–Trinajstić information content (AvgIpc) is 3.06. The molecule has 1 heterocycles. The summed E-state index contributed by atoms with van der Waals surface area (Å²) >= 11 is 12.0. The number of aromatic nitrogens is 2. The lowest BCUT2D eigenvalue weighted by Crippen LogP contribution is -2.07. The Balaban J connectivity index is 1.63. The molecule has 1 saturated carbocycles. The standard InChI is InChI=1S/C15H17Cl2N3/c16-11-7-12(17)9-14(8-11)18-10-13-5-6-20(19-13)15-3-1-2-4-15/h5-9,15,18H,1-4,10H2. The second-order valence-corrected chi connectivity index (χ2v) is 6.11. The van der Waals surface area contributed by atoms with Gasteiger partial charge in [0.15, 0.2) is 0 Å². The predicted molar refractivity (Wildman–Crippen MR) is 83.5 cm³/mol. The summed E-state index contributed by atoms with van der Waals surface area (Å²) in [6.45, 7) is 0.677. The Morgan fingerprint density at radius 2 is 1.85 bits per heavy atom. The van der Waals surface area contributed by atoms with E-state index in [0.29, 0.717) is 22.6 Å². The van der Waals surface area contributed by atoms with E-state index in [1.54, 1.807) is 6.07 Å². The summed E-state index contributed by atoms with van der Waals surface area (Å²) in [5.74, 6) is 0. The molecule has 2 aromatic rings. The van der Waals surface area contributed by atoms with Gasteiger partial charge in [-0.05, 0) is 37.1 Å². The molecule has 0 unspecified atom stereocenters. The van der Waals surface area contributed by atoms with Crippen molar-refractivity contribution < 1.29 is 0 Å². The van der Waals surface area contributed by atoms with Crippen molar-refractivity contribution in [1.29, 1.82) is 0 Å². The second kappa shape index (κ2) is 6.06.